The van der Waals surface area contributed by atoms with Crippen molar-refractivity contribution in [2.75, 3.05) is 11.9 Å². The van der Waals surface area contributed by atoms with Crippen LogP contribution in [0.4, 0.5) is 5.69 Å². The van der Waals surface area contributed by atoms with Crippen LogP contribution in [0.3, 0.4) is 0 Å². The van der Waals surface area contributed by atoms with Gasteiger partial charge in [0.05, 0.1) is 17.7 Å². The number of aryl methyl sites for hydroxylation is 1. The molecular weight excluding hydrogens is 720 g/mol. The third-order valence-electron chi connectivity index (χ3n) is 8.83. The first-order chi connectivity index (χ1) is 25.3. The molecule has 0 fully saturated rings. The maximum absolute atomic E-state index is 14.2. The second-order valence-corrected chi connectivity index (χ2v) is 14.6. The number of esters is 2. The number of primary sulfonamides is 1. The molecule has 0 aliphatic carbocycles. The van der Waals surface area contributed by atoms with Crippen LogP contribution in [-0.2, 0) is 59.9 Å². The number of halogens is 1. The Morgan fingerprint density at radius 1 is 0.906 bits per heavy atom. The van der Waals surface area contributed by atoms with Gasteiger partial charge in [0.25, 0.3) is 5.91 Å². The summed E-state index contributed by atoms with van der Waals surface area (Å²) in [5.74, 6) is -2.12. The second kappa shape index (κ2) is 17.6. The summed E-state index contributed by atoms with van der Waals surface area (Å²) in [4.78, 5) is 55.1. The number of hydrogen-bond acceptors (Lipinski definition) is 9. The maximum Gasteiger partial charge on any atom is 0.329 e. The van der Waals surface area contributed by atoms with Crippen LogP contribution in [-0.4, -0.2) is 61.8 Å². The molecule has 53 heavy (non-hydrogen) atoms. The minimum atomic E-state index is -4.18. The van der Waals surface area contributed by atoms with Gasteiger partial charge in [-0.05, 0) is 79.3 Å². The second-order valence-electron chi connectivity index (χ2n) is 12.6. The summed E-state index contributed by atoms with van der Waals surface area (Å²) in [6.07, 6.45) is 1.08. The van der Waals surface area contributed by atoms with Crippen molar-refractivity contribution in [2.24, 2.45) is 5.14 Å². The highest BCUT2D eigenvalue weighted by atomic mass is 35.5. The fourth-order valence-electron chi connectivity index (χ4n) is 6.08. The van der Waals surface area contributed by atoms with Crippen LogP contribution in [0.25, 0.3) is 0 Å². The molecule has 4 aromatic rings. The summed E-state index contributed by atoms with van der Waals surface area (Å²) < 4.78 is 34.9. The molecule has 0 bridgehead atoms. The topological polar surface area (TPSA) is 174 Å². The van der Waals surface area contributed by atoms with Crippen LogP contribution in [0.5, 0.6) is 0 Å². The average molecular weight is 761 g/mol. The SMILES string of the molecule is CCOC(=O)[C@H](CCc1ccccc1)N[C@@H](C)C(=O)N1Cc2cc(NC(=O)c3ccc(Cl)c(S(N)(=O)=O)c3)ccc2C[C@H]1C(=O)OCc1ccccc1. The number of ether oxygens (including phenoxy) is 2. The number of benzene rings is 4. The van der Waals surface area contributed by atoms with Crippen LogP contribution in [0.2, 0.25) is 5.02 Å². The number of fused-ring (bicyclic) bond motifs is 1. The quantitative estimate of drug-likeness (QED) is 0.153. The number of hydrogen-bond donors (Lipinski definition) is 3. The summed E-state index contributed by atoms with van der Waals surface area (Å²) in [7, 11) is -4.18. The fraction of sp³-hybridized carbons (Fsp3) is 0.282. The zero-order valence-corrected chi connectivity index (χ0v) is 30.9. The van der Waals surface area contributed by atoms with Crippen molar-refractivity contribution >= 4 is 51.1 Å². The van der Waals surface area contributed by atoms with Crippen LogP contribution in [0.15, 0.2) is 102 Å². The Labute approximate surface area is 313 Å². The van der Waals surface area contributed by atoms with Gasteiger partial charge in [0.2, 0.25) is 15.9 Å². The van der Waals surface area contributed by atoms with Crippen molar-refractivity contribution in [3.63, 3.8) is 0 Å². The lowest BCUT2D eigenvalue weighted by atomic mass is 9.92. The highest BCUT2D eigenvalue weighted by Crippen LogP contribution is 2.29. The number of nitrogens with zero attached hydrogens (tertiary/aromatic N) is 1. The van der Waals surface area contributed by atoms with Crippen LogP contribution < -0.4 is 15.8 Å². The van der Waals surface area contributed by atoms with Gasteiger partial charge in [-0.2, -0.15) is 0 Å². The smallest absolute Gasteiger partial charge is 0.329 e. The molecule has 14 heteroatoms. The minimum absolute atomic E-state index is 0.000397. The monoisotopic (exact) mass is 760 g/mol. The van der Waals surface area contributed by atoms with Crippen molar-refractivity contribution in [3.05, 3.63) is 130 Å². The molecule has 0 aromatic heterocycles. The van der Waals surface area contributed by atoms with Gasteiger partial charge in [-0.1, -0.05) is 78.3 Å². The first kappa shape index (κ1) is 39.1. The molecule has 0 unspecified atom stereocenters. The van der Waals surface area contributed by atoms with Crippen molar-refractivity contribution in [2.45, 2.75) is 69.3 Å². The molecule has 0 spiro atoms. The van der Waals surface area contributed by atoms with Gasteiger partial charge < -0.3 is 19.7 Å². The molecule has 1 heterocycles. The molecular formula is C39H41ClN4O8S. The highest BCUT2D eigenvalue weighted by molar-refractivity contribution is 7.89. The zero-order valence-electron chi connectivity index (χ0n) is 29.3. The van der Waals surface area contributed by atoms with E-state index in [1.54, 1.807) is 32.0 Å². The Balaban J connectivity index is 1.38. The Hall–Kier alpha value is -5.08. The van der Waals surface area contributed by atoms with Crippen molar-refractivity contribution in [1.29, 1.82) is 0 Å². The number of carbonyl (C=O) groups is 4. The molecule has 4 aromatic carbocycles. The lowest BCUT2D eigenvalue weighted by Gasteiger charge is -2.37. The summed E-state index contributed by atoms with van der Waals surface area (Å²) in [5, 5.41) is 11.0. The van der Waals surface area contributed by atoms with E-state index in [2.05, 4.69) is 10.6 Å². The zero-order chi connectivity index (χ0) is 38.1. The van der Waals surface area contributed by atoms with Gasteiger partial charge in [0.1, 0.15) is 23.6 Å². The van der Waals surface area contributed by atoms with Crippen molar-refractivity contribution < 1.29 is 37.1 Å². The van der Waals surface area contributed by atoms with Gasteiger partial charge in [0.15, 0.2) is 0 Å². The van der Waals surface area contributed by atoms with E-state index in [9.17, 15) is 27.6 Å². The standard InChI is InChI=1S/C39H41ClN4O8S/c1-3-51-38(47)33(19-14-26-10-6-4-7-11-26)42-25(2)37(46)44-23-30-20-31(43-36(45)29-16-18-32(40)35(22-29)53(41,49)50)17-15-28(30)21-34(44)39(48)52-24-27-12-8-5-9-13-27/h4-13,15-18,20,22,25,33-34,42H,3,14,19,21,23-24H2,1-2H3,(H,43,45)(H2,41,49,50)/t25-,33-,34-/m0/s1. The lowest BCUT2D eigenvalue weighted by molar-refractivity contribution is -0.158. The number of anilines is 1. The van der Waals surface area contributed by atoms with Crippen LogP contribution in [0.1, 0.15) is 52.9 Å². The Morgan fingerprint density at radius 3 is 2.25 bits per heavy atom. The Morgan fingerprint density at radius 2 is 1.58 bits per heavy atom. The van der Waals surface area contributed by atoms with Crippen molar-refractivity contribution in [1.82, 2.24) is 10.2 Å². The molecule has 0 saturated heterocycles. The summed E-state index contributed by atoms with van der Waals surface area (Å²) in [6.45, 7) is 3.54. The number of nitrogens with one attached hydrogen (secondary N) is 2. The molecule has 278 valence electrons. The molecule has 3 atom stereocenters. The van der Waals surface area contributed by atoms with Crippen LogP contribution >= 0.6 is 11.6 Å². The van der Waals surface area contributed by atoms with E-state index in [0.717, 1.165) is 22.8 Å². The van der Waals surface area contributed by atoms with E-state index in [0.29, 0.717) is 24.1 Å². The summed E-state index contributed by atoms with van der Waals surface area (Å²) in [6, 6.07) is 25.0. The summed E-state index contributed by atoms with van der Waals surface area (Å²) in [5.41, 5.74) is 3.64. The van der Waals surface area contributed by atoms with E-state index in [1.165, 1.54) is 17.0 Å². The number of rotatable bonds is 14. The number of sulfonamides is 1. The molecule has 2 amide bonds. The van der Waals surface area contributed by atoms with E-state index in [4.69, 9.17) is 26.2 Å². The number of carbonyl (C=O) groups excluding carboxylic acids is 4. The lowest BCUT2D eigenvalue weighted by Crippen LogP contribution is -2.56. The van der Waals surface area contributed by atoms with Gasteiger partial charge in [-0.3, -0.25) is 19.7 Å². The molecule has 5 rings (SSSR count). The van der Waals surface area contributed by atoms with Gasteiger partial charge >= 0.3 is 11.9 Å². The van der Waals surface area contributed by atoms with Gasteiger partial charge in [-0.25, -0.2) is 18.4 Å². The van der Waals surface area contributed by atoms with E-state index < -0.39 is 51.9 Å². The highest BCUT2D eigenvalue weighted by Gasteiger charge is 2.38. The van der Waals surface area contributed by atoms with E-state index >= 15 is 0 Å². The average Bonchev–Trinajstić information content (AvgIpc) is 3.15. The Bertz CT molecular complexity index is 2060. The van der Waals surface area contributed by atoms with E-state index in [-0.39, 0.29) is 41.7 Å². The predicted octanol–water partition coefficient (Wildman–Crippen LogP) is 4.78. The number of nitrogens with two attached hydrogens (primary N) is 1. The maximum atomic E-state index is 14.2. The summed E-state index contributed by atoms with van der Waals surface area (Å²) >= 11 is 5.99. The van der Waals surface area contributed by atoms with Gasteiger partial charge in [0, 0.05) is 24.2 Å². The third-order valence-corrected chi connectivity index (χ3v) is 10.2. The largest absolute Gasteiger partial charge is 0.465 e. The molecule has 1 aliphatic rings. The molecule has 1 aliphatic heterocycles. The molecule has 0 saturated carbocycles. The van der Waals surface area contributed by atoms with Crippen molar-refractivity contribution in [3.8, 4) is 0 Å². The van der Waals surface area contributed by atoms with Crippen LogP contribution in [0, 0.1) is 0 Å². The molecule has 0 radical (unpaired) electrons. The third kappa shape index (κ3) is 10.3. The Kier molecular flexibility index (Phi) is 13.0. The molecule has 4 N–H and O–H groups in total. The molecule has 12 nitrogen and oxygen atoms in total. The minimum Gasteiger partial charge on any atom is -0.465 e. The normalized spacial score (nSPS) is 15.1. The number of amides is 2. The first-order valence-corrected chi connectivity index (χ1v) is 19.0. The first-order valence-electron chi connectivity index (χ1n) is 17.1. The predicted molar refractivity (Wildman–Crippen MR) is 199 cm³/mol. The van der Waals surface area contributed by atoms with E-state index in [1.807, 2.05) is 60.7 Å². The fourth-order valence-corrected chi connectivity index (χ4v) is 7.16. The van der Waals surface area contributed by atoms with Gasteiger partial charge in [-0.15, -0.1) is 0 Å².